The Bertz CT molecular complexity index is 204. The lowest BCUT2D eigenvalue weighted by Gasteiger charge is -2.17. The number of halogens is 2. The minimum Gasteiger partial charge on any atom is -0.346 e. The van der Waals surface area contributed by atoms with Crippen LogP contribution in [0.3, 0.4) is 0 Å². The van der Waals surface area contributed by atoms with E-state index in [1.165, 1.54) is 32.1 Å². The maximum absolute atomic E-state index is 8.55. The van der Waals surface area contributed by atoms with E-state index in [0.717, 1.165) is 19.3 Å². The first-order valence-electron chi connectivity index (χ1n) is 6.51. The molecule has 100 valence electrons. The Balaban J connectivity index is 3.57. The van der Waals surface area contributed by atoms with E-state index in [1.807, 2.05) is 0 Å². The molecule has 0 aromatic heterocycles. The molecule has 0 rings (SSSR count). The van der Waals surface area contributed by atoms with Crippen LogP contribution in [-0.4, -0.2) is 11.1 Å². The average Bonchev–Trinajstić information content (AvgIpc) is 2.29. The Morgan fingerprint density at radius 3 is 2.29 bits per heavy atom. The highest BCUT2D eigenvalue weighted by Gasteiger charge is 2.12. The first kappa shape index (κ1) is 17.0. The molecule has 0 saturated carbocycles. The standard InChI is InChI=1S/C13H23Cl2NO/c1-2-3-4-5-6-7-9-12(10-8-11-16)17-13(14)15/h12-13H,2-10H2,1H3. The van der Waals surface area contributed by atoms with Crippen molar-refractivity contribution in [1.29, 1.82) is 5.26 Å². The van der Waals surface area contributed by atoms with Gasteiger partial charge in [0.25, 0.3) is 0 Å². The van der Waals surface area contributed by atoms with Crippen LogP contribution < -0.4 is 0 Å². The van der Waals surface area contributed by atoms with Gasteiger partial charge < -0.3 is 4.74 Å². The Hall–Kier alpha value is 0.0300. The minimum absolute atomic E-state index is 0.0285. The van der Waals surface area contributed by atoms with E-state index in [9.17, 15) is 0 Å². The molecular formula is C13H23Cl2NO. The van der Waals surface area contributed by atoms with E-state index in [2.05, 4.69) is 13.0 Å². The number of nitrogens with zero attached hydrogens (tertiary/aromatic N) is 1. The first-order valence-corrected chi connectivity index (χ1v) is 7.38. The van der Waals surface area contributed by atoms with Crippen molar-refractivity contribution in [2.24, 2.45) is 0 Å². The molecule has 2 nitrogen and oxygen atoms in total. The maximum atomic E-state index is 8.55. The van der Waals surface area contributed by atoms with Crippen molar-refractivity contribution in [3.63, 3.8) is 0 Å². The third-order valence-corrected chi connectivity index (χ3v) is 2.96. The summed E-state index contributed by atoms with van der Waals surface area (Å²) in [5.74, 6) is 0. The van der Waals surface area contributed by atoms with Crippen molar-refractivity contribution >= 4 is 23.2 Å². The zero-order chi connectivity index (χ0) is 12.9. The third-order valence-electron chi connectivity index (χ3n) is 2.75. The summed E-state index contributed by atoms with van der Waals surface area (Å²) >= 11 is 11.2. The van der Waals surface area contributed by atoms with Gasteiger partial charge in [-0.15, -0.1) is 0 Å². The molecular weight excluding hydrogens is 257 g/mol. The average molecular weight is 280 g/mol. The zero-order valence-electron chi connectivity index (χ0n) is 10.6. The van der Waals surface area contributed by atoms with Crippen LogP contribution in [0.1, 0.15) is 64.7 Å². The van der Waals surface area contributed by atoms with Gasteiger partial charge in [-0.3, -0.25) is 0 Å². The molecule has 0 heterocycles. The van der Waals surface area contributed by atoms with Crippen LogP contribution in [0.15, 0.2) is 0 Å². The van der Waals surface area contributed by atoms with Crippen molar-refractivity contribution in [2.45, 2.75) is 75.8 Å². The Morgan fingerprint density at radius 1 is 1.06 bits per heavy atom. The second-order valence-corrected chi connectivity index (χ2v) is 5.29. The maximum Gasteiger partial charge on any atom is 0.206 e. The molecule has 0 aromatic rings. The minimum atomic E-state index is -0.779. The van der Waals surface area contributed by atoms with E-state index in [1.54, 1.807) is 0 Å². The summed E-state index contributed by atoms with van der Waals surface area (Å²) in [7, 11) is 0. The molecule has 0 fully saturated rings. The van der Waals surface area contributed by atoms with E-state index < -0.39 is 5.02 Å². The molecule has 0 spiro atoms. The summed E-state index contributed by atoms with van der Waals surface area (Å²) in [6.45, 7) is 2.22. The molecule has 0 saturated heterocycles. The highest BCUT2D eigenvalue weighted by Crippen LogP contribution is 2.18. The summed E-state index contributed by atoms with van der Waals surface area (Å²) < 4.78 is 5.36. The Kier molecular flexibility index (Phi) is 12.5. The van der Waals surface area contributed by atoms with Crippen molar-refractivity contribution in [3.05, 3.63) is 0 Å². The van der Waals surface area contributed by atoms with Crippen LogP contribution in [0.5, 0.6) is 0 Å². The largest absolute Gasteiger partial charge is 0.346 e. The van der Waals surface area contributed by atoms with Crippen LogP contribution in [0.25, 0.3) is 0 Å². The fraction of sp³-hybridized carbons (Fsp3) is 0.923. The molecule has 0 amide bonds. The van der Waals surface area contributed by atoms with E-state index >= 15 is 0 Å². The lowest BCUT2D eigenvalue weighted by molar-refractivity contribution is 0.0541. The van der Waals surface area contributed by atoms with Gasteiger partial charge in [0.05, 0.1) is 12.2 Å². The van der Waals surface area contributed by atoms with Crippen LogP contribution in [-0.2, 0) is 4.74 Å². The zero-order valence-corrected chi connectivity index (χ0v) is 12.1. The second kappa shape index (κ2) is 12.5. The van der Waals surface area contributed by atoms with Crippen molar-refractivity contribution in [1.82, 2.24) is 0 Å². The SMILES string of the molecule is CCCCCCCCC(CCC#N)OC(Cl)Cl. The smallest absolute Gasteiger partial charge is 0.206 e. The fourth-order valence-electron chi connectivity index (χ4n) is 1.80. The highest BCUT2D eigenvalue weighted by atomic mass is 35.5. The molecule has 0 aromatic carbocycles. The number of unbranched alkanes of at least 4 members (excludes halogenated alkanes) is 5. The second-order valence-electron chi connectivity index (χ2n) is 4.27. The lowest BCUT2D eigenvalue weighted by atomic mass is 10.0. The Morgan fingerprint density at radius 2 is 1.71 bits per heavy atom. The predicted molar refractivity (Wildman–Crippen MR) is 73.2 cm³/mol. The molecule has 1 atom stereocenters. The molecule has 1 unspecified atom stereocenters. The van der Waals surface area contributed by atoms with Gasteiger partial charge in [-0.05, 0) is 12.8 Å². The molecule has 0 N–H and O–H groups in total. The molecule has 0 bridgehead atoms. The summed E-state index contributed by atoms with van der Waals surface area (Å²) in [4.78, 5) is 0. The molecule has 17 heavy (non-hydrogen) atoms. The van der Waals surface area contributed by atoms with E-state index in [-0.39, 0.29) is 6.10 Å². The van der Waals surface area contributed by atoms with Gasteiger partial charge in [-0.25, -0.2) is 0 Å². The van der Waals surface area contributed by atoms with Crippen LogP contribution in [0, 0.1) is 11.3 Å². The van der Waals surface area contributed by atoms with Crippen LogP contribution >= 0.6 is 23.2 Å². The molecule has 0 aliphatic heterocycles. The summed E-state index contributed by atoms with van der Waals surface area (Å²) in [6.07, 6.45) is 9.74. The topological polar surface area (TPSA) is 33.0 Å². The lowest BCUT2D eigenvalue weighted by Crippen LogP contribution is -2.15. The molecule has 0 aliphatic carbocycles. The van der Waals surface area contributed by atoms with E-state index in [0.29, 0.717) is 6.42 Å². The van der Waals surface area contributed by atoms with E-state index in [4.69, 9.17) is 33.2 Å². The van der Waals surface area contributed by atoms with Gasteiger partial charge in [0.15, 0.2) is 0 Å². The number of hydrogen-bond donors (Lipinski definition) is 0. The number of ether oxygens (including phenoxy) is 1. The number of rotatable bonds is 11. The number of nitriles is 1. The first-order chi connectivity index (χ1) is 8.20. The Labute approximate surface area is 115 Å². The van der Waals surface area contributed by atoms with Gasteiger partial charge in [0, 0.05) is 6.42 Å². The number of hydrogen-bond acceptors (Lipinski definition) is 2. The predicted octanol–water partition coefficient (Wildman–Crippen LogP) is 5.19. The van der Waals surface area contributed by atoms with Crippen molar-refractivity contribution in [3.8, 4) is 6.07 Å². The van der Waals surface area contributed by atoms with Gasteiger partial charge >= 0.3 is 0 Å². The molecule has 0 aliphatic rings. The monoisotopic (exact) mass is 279 g/mol. The van der Waals surface area contributed by atoms with Crippen LogP contribution in [0.2, 0.25) is 0 Å². The quantitative estimate of drug-likeness (QED) is 0.385. The summed E-state index contributed by atoms with van der Waals surface area (Å²) in [6, 6.07) is 2.12. The van der Waals surface area contributed by atoms with Crippen molar-refractivity contribution < 1.29 is 4.74 Å². The van der Waals surface area contributed by atoms with Crippen molar-refractivity contribution in [2.75, 3.05) is 0 Å². The van der Waals surface area contributed by atoms with Gasteiger partial charge in [0.2, 0.25) is 5.02 Å². The number of alkyl halides is 2. The van der Waals surface area contributed by atoms with Gasteiger partial charge in [-0.1, -0.05) is 68.7 Å². The summed E-state index contributed by atoms with van der Waals surface area (Å²) in [5.41, 5.74) is 0. The normalized spacial score (nSPS) is 12.6. The third kappa shape index (κ3) is 12.3. The molecule has 4 heteroatoms. The van der Waals surface area contributed by atoms with Gasteiger partial charge in [0.1, 0.15) is 0 Å². The fourth-order valence-corrected chi connectivity index (χ4v) is 2.09. The van der Waals surface area contributed by atoms with Crippen LogP contribution in [0.4, 0.5) is 0 Å². The van der Waals surface area contributed by atoms with Gasteiger partial charge in [-0.2, -0.15) is 5.26 Å². The molecule has 0 radical (unpaired) electrons. The highest BCUT2D eigenvalue weighted by molar-refractivity contribution is 6.43. The summed E-state index contributed by atoms with van der Waals surface area (Å²) in [5, 5.41) is 7.77.